The van der Waals surface area contributed by atoms with Crippen molar-refractivity contribution in [3.8, 4) is 0 Å². The third-order valence-electron chi connectivity index (χ3n) is 4.65. The minimum atomic E-state index is -0.185. The number of aryl methyl sites for hydroxylation is 2. The third kappa shape index (κ3) is 3.78. The molecule has 2 aromatic rings. The van der Waals surface area contributed by atoms with Gasteiger partial charge in [-0.05, 0) is 56.7 Å². The number of benzene rings is 1. The molecular weight excluding hydrogens is 305 g/mol. The number of aromatic nitrogens is 2. The fraction of sp³-hybridized carbons (Fsp3) is 0.421. The van der Waals surface area contributed by atoms with Crippen molar-refractivity contribution in [2.75, 3.05) is 13.1 Å². The summed E-state index contributed by atoms with van der Waals surface area (Å²) in [6, 6.07) is 6.79. The van der Waals surface area contributed by atoms with Crippen LogP contribution in [-0.4, -0.2) is 33.9 Å². The standard InChI is InChI=1S/C19H22FN3O/c1-13-18(12-21-14(2)22-13)19(24)23-8-6-15(7-9-23)10-16-4-3-5-17(20)11-16/h3-5,11-12,15H,6-10H2,1-2H3. The highest BCUT2D eigenvalue weighted by molar-refractivity contribution is 5.95. The Hall–Kier alpha value is -2.30. The first-order valence-corrected chi connectivity index (χ1v) is 8.37. The highest BCUT2D eigenvalue weighted by Gasteiger charge is 2.25. The molecule has 0 saturated carbocycles. The summed E-state index contributed by atoms with van der Waals surface area (Å²) in [6.07, 6.45) is 4.37. The predicted molar refractivity (Wildman–Crippen MR) is 90.2 cm³/mol. The van der Waals surface area contributed by atoms with Crippen molar-refractivity contribution in [1.29, 1.82) is 0 Å². The van der Waals surface area contributed by atoms with Gasteiger partial charge in [0.25, 0.3) is 5.91 Å². The van der Waals surface area contributed by atoms with Gasteiger partial charge in [0, 0.05) is 19.3 Å². The van der Waals surface area contributed by atoms with E-state index in [9.17, 15) is 9.18 Å². The first-order chi connectivity index (χ1) is 11.5. The molecular formula is C19H22FN3O. The Kier molecular flexibility index (Phi) is 4.88. The Balaban J connectivity index is 1.59. The molecule has 0 spiro atoms. The third-order valence-corrected chi connectivity index (χ3v) is 4.65. The van der Waals surface area contributed by atoms with Crippen molar-refractivity contribution in [3.63, 3.8) is 0 Å². The molecule has 1 fully saturated rings. The van der Waals surface area contributed by atoms with Crippen LogP contribution in [0, 0.1) is 25.6 Å². The summed E-state index contributed by atoms with van der Waals surface area (Å²) in [4.78, 5) is 22.9. The molecule has 0 aliphatic carbocycles. The van der Waals surface area contributed by atoms with Gasteiger partial charge in [-0.3, -0.25) is 4.79 Å². The maximum atomic E-state index is 13.3. The molecule has 1 aliphatic heterocycles. The van der Waals surface area contributed by atoms with Crippen molar-refractivity contribution < 1.29 is 9.18 Å². The predicted octanol–water partition coefficient (Wildman–Crippen LogP) is 3.33. The number of likely N-dealkylation sites (tertiary alicyclic amines) is 1. The average Bonchev–Trinajstić information content (AvgIpc) is 2.55. The fourth-order valence-corrected chi connectivity index (χ4v) is 3.30. The van der Waals surface area contributed by atoms with Crippen molar-refractivity contribution in [1.82, 2.24) is 14.9 Å². The van der Waals surface area contributed by atoms with E-state index in [0.29, 0.717) is 17.3 Å². The minimum Gasteiger partial charge on any atom is -0.339 e. The van der Waals surface area contributed by atoms with E-state index < -0.39 is 0 Å². The van der Waals surface area contributed by atoms with Crippen LogP contribution >= 0.6 is 0 Å². The lowest BCUT2D eigenvalue weighted by Crippen LogP contribution is -2.39. The number of amides is 1. The summed E-state index contributed by atoms with van der Waals surface area (Å²) in [6.45, 7) is 5.12. The van der Waals surface area contributed by atoms with Crippen molar-refractivity contribution >= 4 is 5.91 Å². The molecule has 0 N–H and O–H groups in total. The number of hydrogen-bond acceptors (Lipinski definition) is 3. The molecule has 1 aliphatic rings. The Morgan fingerprint density at radius 2 is 2.04 bits per heavy atom. The zero-order chi connectivity index (χ0) is 17.1. The summed E-state index contributed by atoms with van der Waals surface area (Å²) in [5.41, 5.74) is 2.35. The van der Waals surface area contributed by atoms with Crippen LogP contribution in [0.25, 0.3) is 0 Å². The smallest absolute Gasteiger partial charge is 0.257 e. The van der Waals surface area contributed by atoms with E-state index in [1.54, 1.807) is 18.3 Å². The van der Waals surface area contributed by atoms with E-state index in [1.807, 2.05) is 24.8 Å². The Bertz CT molecular complexity index is 739. The second-order valence-electron chi connectivity index (χ2n) is 6.49. The molecule has 0 unspecified atom stereocenters. The first kappa shape index (κ1) is 16.6. The molecule has 0 atom stereocenters. The largest absolute Gasteiger partial charge is 0.339 e. The van der Waals surface area contributed by atoms with Crippen LogP contribution in [0.15, 0.2) is 30.5 Å². The molecule has 0 bridgehead atoms. The molecule has 2 heterocycles. The van der Waals surface area contributed by atoms with Gasteiger partial charge in [0.05, 0.1) is 11.3 Å². The van der Waals surface area contributed by atoms with Crippen LogP contribution in [0.5, 0.6) is 0 Å². The van der Waals surface area contributed by atoms with Crippen molar-refractivity contribution in [2.24, 2.45) is 5.92 Å². The zero-order valence-corrected chi connectivity index (χ0v) is 14.1. The Labute approximate surface area is 141 Å². The maximum Gasteiger partial charge on any atom is 0.257 e. The second-order valence-corrected chi connectivity index (χ2v) is 6.49. The van der Waals surface area contributed by atoms with Gasteiger partial charge in [-0.1, -0.05) is 12.1 Å². The molecule has 4 nitrogen and oxygen atoms in total. The number of piperidine rings is 1. The van der Waals surface area contributed by atoms with Crippen LogP contribution in [0.1, 0.15) is 40.3 Å². The summed E-state index contributed by atoms with van der Waals surface area (Å²) in [5.74, 6) is 0.996. The number of hydrogen-bond donors (Lipinski definition) is 0. The summed E-state index contributed by atoms with van der Waals surface area (Å²) >= 11 is 0. The average molecular weight is 327 g/mol. The van der Waals surface area contributed by atoms with Gasteiger partial charge < -0.3 is 4.90 Å². The van der Waals surface area contributed by atoms with Gasteiger partial charge in [0.15, 0.2) is 0 Å². The van der Waals surface area contributed by atoms with Crippen LogP contribution < -0.4 is 0 Å². The molecule has 1 amide bonds. The topological polar surface area (TPSA) is 46.1 Å². The molecule has 3 rings (SSSR count). The van der Waals surface area contributed by atoms with Gasteiger partial charge in [-0.25, -0.2) is 14.4 Å². The van der Waals surface area contributed by atoms with Crippen molar-refractivity contribution in [3.05, 3.63) is 58.9 Å². The second kappa shape index (κ2) is 7.07. The van der Waals surface area contributed by atoms with Gasteiger partial charge in [0.2, 0.25) is 0 Å². The monoisotopic (exact) mass is 327 g/mol. The number of nitrogens with zero attached hydrogens (tertiary/aromatic N) is 3. The van der Waals surface area contributed by atoms with E-state index in [4.69, 9.17) is 0 Å². The highest BCUT2D eigenvalue weighted by atomic mass is 19.1. The summed E-state index contributed by atoms with van der Waals surface area (Å²) in [5, 5.41) is 0. The highest BCUT2D eigenvalue weighted by Crippen LogP contribution is 2.23. The number of carbonyl (C=O) groups excluding carboxylic acids is 1. The van der Waals surface area contributed by atoms with Crippen LogP contribution in [0.4, 0.5) is 4.39 Å². The quantitative estimate of drug-likeness (QED) is 0.869. The fourth-order valence-electron chi connectivity index (χ4n) is 3.30. The van der Waals surface area contributed by atoms with E-state index in [1.165, 1.54) is 6.07 Å². The van der Waals surface area contributed by atoms with Crippen LogP contribution in [0.2, 0.25) is 0 Å². The lowest BCUT2D eigenvalue weighted by atomic mass is 9.90. The van der Waals surface area contributed by atoms with Gasteiger partial charge in [-0.2, -0.15) is 0 Å². The number of halogens is 1. The normalized spacial score (nSPS) is 15.5. The molecule has 0 radical (unpaired) electrons. The molecule has 1 saturated heterocycles. The van der Waals surface area contributed by atoms with E-state index in [-0.39, 0.29) is 11.7 Å². The first-order valence-electron chi connectivity index (χ1n) is 8.37. The lowest BCUT2D eigenvalue weighted by molar-refractivity contribution is 0.0689. The molecule has 24 heavy (non-hydrogen) atoms. The molecule has 1 aromatic carbocycles. The van der Waals surface area contributed by atoms with Gasteiger partial charge in [0.1, 0.15) is 11.6 Å². The summed E-state index contributed by atoms with van der Waals surface area (Å²) in [7, 11) is 0. The number of rotatable bonds is 3. The maximum absolute atomic E-state index is 13.3. The molecule has 5 heteroatoms. The molecule has 1 aromatic heterocycles. The zero-order valence-electron chi connectivity index (χ0n) is 14.1. The van der Waals surface area contributed by atoms with E-state index >= 15 is 0 Å². The molecule has 126 valence electrons. The van der Waals surface area contributed by atoms with E-state index in [0.717, 1.165) is 43.6 Å². The van der Waals surface area contributed by atoms with Crippen LogP contribution in [-0.2, 0) is 6.42 Å². The lowest BCUT2D eigenvalue weighted by Gasteiger charge is -2.32. The minimum absolute atomic E-state index is 0.0108. The van der Waals surface area contributed by atoms with Gasteiger partial charge >= 0.3 is 0 Å². The summed E-state index contributed by atoms with van der Waals surface area (Å²) < 4.78 is 13.3. The number of carbonyl (C=O) groups is 1. The van der Waals surface area contributed by atoms with Crippen LogP contribution in [0.3, 0.4) is 0 Å². The van der Waals surface area contributed by atoms with E-state index in [2.05, 4.69) is 9.97 Å². The Morgan fingerprint density at radius 1 is 1.29 bits per heavy atom. The van der Waals surface area contributed by atoms with Crippen molar-refractivity contribution in [2.45, 2.75) is 33.1 Å². The SMILES string of the molecule is Cc1ncc(C(=O)N2CCC(Cc3cccc(F)c3)CC2)c(C)n1. The van der Waals surface area contributed by atoms with Gasteiger partial charge in [-0.15, -0.1) is 0 Å². The Morgan fingerprint density at radius 3 is 2.71 bits per heavy atom.